The van der Waals surface area contributed by atoms with Crippen LogP contribution in [0.1, 0.15) is 70.6 Å². The Morgan fingerprint density at radius 2 is 1.96 bits per heavy atom. The van der Waals surface area contributed by atoms with Crippen LogP contribution >= 0.6 is 0 Å². The Morgan fingerprint density at radius 3 is 2.74 bits per heavy atom. The van der Waals surface area contributed by atoms with Gasteiger partial charge in [-0.1, -0.05) is 45.0 Å². The van der Waals surface area contributed by atoms with Crippen LogP contribution < -0.4 is 15.4 Å². The number of nitrogens with one attached hydrogen (secondary N) is 2. The highest BCUT2D eigenvalue weighted by atomic mass is 19.1. The average molecular weight is 645 g/mol. The Bertz CT molecular complexity index is 1850. The molecule has 47 heavy (non-hydrogen) atoms. The third-order valence-corrected chi connectivity index (χ3v) is 11.1. The van der Waals surface area contributed by atoms with Crippen molar-refractivity contribution in [3.63, 3.8) is 0 Å². The minimum absolute atomic E-state index is 0.0108. The van der Waals surface area contributed by atoms with Crippen LogP contribution in [-0.4, -0.2) is 69.4 Å². The zero-order valence-corrected chi connectivity index (χ0v) is 27.4. The van der Waals surface area contributed by atoms with E-state index in [2.05, 4.69) is 29.4 Å². The van der Waals surface area contributed by atoms with Gasteiger partial charge >= 0.3 is 6.01 Å². The first-order chi connectivity index (χ1) is 22.8. The maximum absolute atomic E-state index is 17.1. The molecule has 0 unspecified atom stereocenters. The van der Waals surface area contributed by atoms with E-state index in [1.54, 1.807) is 6.07 Å². The molecule has 1 aliphatic carbocycles. The third-order valence-electron chi connectivity index (χ3n) is 11.1. The lowest BCUT2D eigenvalue weighted by Crippen LogP contribution is -2.48. The van der Waals surface area contributed by atoms with Crippen molar-refractivity contribution in [2.45, 2.75) is 102 Å². The van der Waals surface area contributed by atoms with Crippen LogP contribution in [0.25, 0.3) is 32.9 Å². The van der Waals surface area contributed by atoms with Crippen LogP contribution in [0.5, 0.6) is 6.01 Å². The van der Waals surface area contributed by atoms with Crippen molar-refractivity contribution in [1.82, 2.24) is 25.2 Å². The molecule has 5 heterocycles. The highest BCUT2D eigenvalue weighted by Crippen LogP contribution is 2.42. The number of rotatable bonds is 9. The monoisotopic (exact) mass is 644 g/mol. The van der Waals surface area contributed by atoms with E-state index in [4.69, 9.17) is 19.7 Å². The molecule has 4 aliphatic rings. The molecule has 7 nitrogen and oxygen atoms in total. The summed E-state index contributed by atoms with van der Waals surface area (Å²) in [6.07, 6.45) is 5.69. The number of hydrogen-bond acceptors (Lipinski definition) is 7. The van der Waals surface area contributed by atoms with Gasteiger partial charge in [0.05, 0.1) is 16.6 Å². The lowest BCUT2D eigenvalue weighted by Gasteiger charge is -2.32. The number of alkyl halides is 1. The van der Waals surface area contributed by atoms with Crippen molar-refractivity contribution >= 4 is 27.5 Å². The number of aromatic nitrogens is 3. The van der Waals surface area contributed by atoms with Crippen molar-refractivity contribution in [2.24, 2.45) is 5.92 Å². The van der Waals surface area contributed by atoms with E-state index >= 15 is 8.78 Å². The summed E-state index contributed by atoms with van der Waals surface area (Å²) in [6.45, 7) is 7.80. The first kappa shape index (κ1) is 30.8. The first-order valence-electron chi connectivity index (χ1n) is 17.4. The molecular formula is C37H43F3N6O. The van der Waals surface area contributed by atoms with Gasteiger partial charge in [-0.2, -0.15) is 9.97 Å². The SMILES string of the molecule is CCc1c(F)ccc2cccc(-c3nc4c5c(nc(OC[C@@]67CCCN6C[C@H](F)C7)nc5c3F)N[C@@H]([C@H](CC)NC3CC3)[C@@H](C)C4)c12. The van der Waals surface area contributed by atoms with E-state index in [1.807, 2.05) is 25.1 Å². The topological polar surface area (TPSA) is 75.2 Å². The molecule has 0 radical (unpaired) electrons. The number of ether oxygens (including phenoxy) is 1. The van der Waals surface area contributed by atoms with Crippen molar-refractivity contribution < 1.29 is 17.9 Å². The number of hydrogen-bond donors (Lipinski definition) is 2. The molecule has 10 heteroatoms. The zero-order valence-electron chi connectivity index (χ0n) is 27.4. The van der Waals surface area contributed by atoms with Crippen LogP contribution in [0.4, 0.5) is 19.0 Å². The van der Waals surface area contributed by atoms with Crippen molar-refractivity contribution in [3.05, 3.63) is 53.2 Å². The predicted octanol–water partition coefficient (Wildman–Crippen LogP) is 7.14. The number of aryl methyl sites for hydroxylation is 1. The van der Waals surface area contributed by atoms with Gasteiger partial charge in [0, 0.05) is 36.7 Å². The summed E-state index contributed by atoms with van der Waals surface area (Å²) in [4.78, 5) is 16.8. The summed E-state index contributed by atoms with van der Waals surface area (Å²) in [7, 11) is 0. The van der Waals surface area contributed by atoms with E-state index in [0.717, 1.165) is 31.2 Å². The summed E-state index contributed by atoms with van der Waals surface area (Å²) >= 11 is 0. The second-order valence-corrected chi connectivity index (χ2v) is 14.3. The number of halogens is 3. The maximum Gasteiger partial charge on any atom is 0.319 e. The van der Waals surface area contributed by atoms with Crippen LogP contribution in [0.15, 0.2) is 30.3 Å². The van der Waals surface area contributed by atoms with E-state index in [1.165, 1.54) is 18.9 Å². The summed E-state index contributed by atoms with van der Waals surface area (Å²) in [5.41, 5.74) is 1.68. The summed E-state index contributed by atoms with van der Waals surface area (Å²) < 4.78 is 53.0. The van der Waals surface area contributed by atoms with Gasteiger partial charge in [-0.25, -0.2) is 18.2 Å². The van der Waals surface area contributed by atoms with Gasteiger partial charge in [0.2, 0.25) is 0 Å². The zero-order chi connectivity index (χ0) is 32.4. The quantitative estimate of drug-likeness (QED) is 0.201. The smallest absolute Gasteiger partial charge is 0.319 e. The molecule has 4 aromatic rings. The second-order valence-electron chi connectivity index (χ2n) is 14.3. The third kappa shape index (κ3) is 5.32. The standard InChI is InChI=1S/C37H43F3N6O/c1-4-24-26(39)13-10-21-8-6-9-25(29(21)24)33-31(40)34-30-28(42-33)16-20(3)32(27(5-2)41-23-11-12-23)43-35(30)45-36(44-34)47-19-37-14-7-15-46(37)18-22(38)17-37/h6,8-10,13,20,22-23,27,32,41H,4-5,7,11-12,14-19H2,1-3H3,(H,43,44,45)/t20-,22+,27-,32+,37-/m0/s1. The normalized spacial score (nSPS) is 26.4. The van der Waals surface area contributed by atoms with Gasteiger partial charge < -0.3 is 15.4 Å². The van der Waals surface area contributed by atoms with E-state index in [9.17, 15) is 4.39 Å². The van der Waals surface area contributed by atoms with Crippen LogP contribution in [0.2, 0.25) is 0 Å². The number of pyridine rings is 1. The van der Waals surface area contributed by atoms with Crippen molar-refractivity contribution in [2.75, 3.05) is 25.0 Å². The lowest BCUT2D eigenvalue weighted by molar-refractivity contribution is 0.107. The van der Waals surface area contributed by atoms with Gasteiger partial charge in [0.15, 0.2) is 5.82 Å². The van der Waals surface area contributed by atoms with Crippen LogP contribution in [0, 0.1) is 17.6 Å². The van der Waals surface area contributed by atoms with Gasteiger partial charge in [-0.05, 0) is 79.8 Å². The van der Waals surface area contributed by atoms with Crippen LogP contribution in [-0.2, 0) is 12.8 Å². The van der Waals surface area contributed by atoms with Gasteiger partial charge in [0.1, 0.15) is 35.6 Å². The minimum atomic E-state index is -0.887. The van der Waals surface area contributed by atoms with Crippen LogP contribution in [0.3, 0.4) is 0 Å². The van der Waals surface area contributed by atoms with E-state index in [0.29, 0.717) is 65.3 Å². The Balaban J connectivity index is 1.28. The fraction of sp³-hybridized carbons (Fsp3) is 0.541. The highest BCUT2D eigenvalue weighted by Gasteiger charge is 2.49. The number of nitrogens with zero attached hydrogens (tertiary/aromatic N) is 4. The Labute approximate surface area is 273 Å². The summed E-state index contributed by atoms with van der Waals surface area (Å²) in [6, 6.07) is 9.59. The Morgan fingerprint density at radius 1 is 1.11 bits per heavy atom. The molecular weight excluding hydrogens is 601 g/mol. The highest BCUT2D eigenvalue weighted by molar-refractivity contribution is 6.01. The first-order valence-corrected chi connectivity index (χ1v) is 17.4. The fourth-order valence-electron chi connectivity index (χ4n) is 8.60. The molecule has 248 valence electrons. The predicted molar refractivity (Wildman–Crippen MR) is 179 cm³/mol. The van der Waals surface area contributed by atoms with Gasteiger partial charge in [-0.3, -0.25) is 4.90 Å². The number of benzene rings is 2. The second kappa shape index (κ2) is 11.9. The lowest BCUT2D eigenvalue weighted by atomic mass is 9.89. The summed E-state index contributed by atoms with van der Waals surface area (Å²) in [5.74, 6) is -0.250. The average Bonchev–Trinajstić information content (AvgIpc) is 3.75. The molecule has 2 aromatic carbocycles. The molecule has 2 saturated heterocycles. The molecule has 0 bridgehead atoms. The van der Waals surface area contributed by atoms with Crippen molar-refractivity contribution in [1.29, 1.82) is 0 Å². The van der Waals surface area contributed by atoms with Gasteiger partial charge in [-0.15, -0.1) is 0 Å². The Kier molecular flexibility index (Phi) is 7.79. The van der Waals surface area contributed by atoms with E-state index in [-0.39, 0.29) is 47.6 Å². The molecule has 2 aromatic heterocycles. The van der Waals surface area contributed by atoms with Crippen molar-refractivity contribution in [3.8, 4) is 17.3 Å². The molecule has 1 saturated carbocycles. The van der Waals surface area contributed by atoms with E-state index < -0.39 is 17.5 Å². The largest absolute Gasteiger partial charge is 0.461 e. The summed E-state index contributed by atoms with van der Waals surface area (Å²) in [5, 5.41) is 9.56. The molecule has 5 atom stereocenters. The number of anilines is 1. The fourth-order valence-corrected chi connectivity index (χ4v) is 8.60. The molecule has 0 amide bonds. The minimum Gasteiger partial charge on any atom is -0.461 e. The maximum atomic E-state index is 17.1. The van der Waals surface area contributed by atoms with Gasteiger partial charge in [0.25, 0.3) is 0 Å². The Hall–Kier alpha value is -3.50. The number of fused-ring (bicyclic) bond motifs is 2. The molecule has 3 fully saturated rings. The molecule has 2 N–H and O–H groups in total. The molecule has 8 rings (SSSR count). The molecule has 0 spiro atoms. The molecule has 3 aliphatic heterocycles.